The number of rotatable bonds is 6. The largest absolute Gasteiger partial charge is 0.481 e. The van der Waals surface area contributed by atoms with Crippen LogP contribution in [0.25, 0.3) is 5.69 Å². The Labute approximate surface area is 180 Å². The molecule has 3 aromatic rings. The smallest absolute Gasteiger partial charge is 0.262 e. The van der Waals surface area contributed by atoms with Gasteiger partial charge in [0.25, 0.3) is 17.4 Å². The third kappa shape index (κ3) is 3.82. The second kappa shape index (κ2) is 8.11. The van der Waals surface area contributed by atoms with E-state index in [0.717, 1.165) is 11.0 Å². The average Bonchev–Trinajstić information content (AvgIpc) is 3.05. The summed E-state index contributed by atoms with van der Waals surface area (Å²) in [4.78, 5) is 45.8. The number of nitrogens with two attached hydrogens (primary N) is 1. The van der Waals surface area contributed by atoms with Gasteiger partial charge < -0.3 is 15.2 Å². The van der Waals surface area contributed by atoms with Crippen LogP contribution in [-0.4, -0.2) is 40.6 Å². The fraction of sp³-hybridized carbons (Fsp3) is 0.150. The summed E-state index contributed by atoms with van der Waals surface area (Å²) in [5, 5.41) is 2.14. The molecular formula is C20H17N5O5S. The Morgan fingerprint density at radius 3 is 2.26 bits per heavy atom. The molecule has 0 fully saturated rings. The van der Waals surface area contributed by atoms with Gasteiger partial charge in [0.2, 0.25) is 11.8 Å². The van der Waals surface area contributed by atoms with E-state index in [9.17, 15) is 14.4 Å². The van der Waals surface area contributed by atoms with Crippen molar-refractivity contribution in [3.05, 3.63) is 63.7 Å². The van der Waals surface area contributed by atoms with Gasteiger partial charge in [-0.2, -0.15) is 9.97 Å². The molecule has 10 nitrogen and oxygen atoms in total. The van der Waals surface area contributed by atoms with E-state index in [1.54, 1.807) is 18.2 Å². The average molecular weight is 439 g/mol. The number of thioether (sulfide) groups is 1. The molecule has 1 aliphatic heterocycles. The number of methoxy groups -OCH3 is 2. The van der Waals surface area contributed by atoms with Gasteiger partial charge in [0, 0.05) is 11.0 Å². The lowest BCUT2D eigenvalue weighted by molar-refractivity contribution is 0.0880. The van der Waals surface area contributed by atoms with E-state index in [4.69, 9.17) is 15.2 Å². The van der Waals surface area contributed by atoms with Crippen LogP contribution in [0, 0.1) is 0 Å². The highest BCUT2D eigenvalue weighted by Crippen LogP contribution is 2.27. The monoisotopic (exact) mass is 439 g/mol. The SMILES string of the molecule is COc1cc(OC)nc(CSc2ccc(-n3c(N)c4c(cc3=O)C(=O)NC4=O)cc2)n1. The molecule has 0 radical (unpaired) electrons. The number of anilines is 1. The van der Waals surface area contributed by atoms with E-state index in [2.05, 4.69) is 15.3 Å². The van der Waals surface area contributed by atoms with Crippen LogP contribution in [0.15, 0.2) is 46.1 Å². The Hall–Kier alpha value is -3.86. The quantitative estimate of drug-likeness (QED) is 0.431. The van der Waals surface area contributed by atoms with Crippen molar-refractivity contribution in [2.75, 3.05) is 20.0 Å². The van der Waals surface area contributed by atoms with Crippen molar-refractivity contribution in [2.24, 2.45) is 0 Å². The van der Waals surface area contributed by atoms with Gasteiger partial charge in [0.1, 0.15) is 11.6 Å². The molecule has 3 heterocycles. The van der Waals surface area contributed by atoms with Gasteiger partial charge in [-0.05, 0) is 24.3 Å². The van der Waals surface area contributed by atoms with Crippen molar-refractivity contribution in [3.63, 3.8) is 0 Å². The number of pyridine rings is 1. The second-order valence-electron chi connectivity index (χ2n) is 6.43. The lowest BCUT2D eigenvalue weighted by atomic mass is 10.1. The number of amides is 2. The number of nitrogens with zero attached hydrogens (tertiary/aromatic N) is 3. The van der Waals surface area contributed by atoms with E-state index >= 15 is 0 Å². The maximum absolute atomic E-state index is 12.5. The van der Waals surface area contributed by atoms with Gasteiger partial charge >= 0.3 is 0 Å². The van der Waals surface area contributed by atoms with Gasteiger partial charge in [-0.15, -0.1) is 11.8 Å². The molecular weight excluding hydrogens is 422 g/mol. The van der Waals surface area contributed by atoms with Crippen LogP contribution in [0.2, 0.25) is 0 Å². The fourth-order valence-electron chi connectivity index (χ4n) is 3.11. The summed E-state index contributed by atoms with van der Waals surface area (Å²) in [5.74, 6) is 0.504. The molecule has 158 valence electrons. The van der Waals surface area contributed by atoms with E-state index < -0.39 is 17.4 Å². The van der Waals surface area contributed by atoms with Crippen LogP contribution in [0.4, 0.5) is 5.82 Å². The van der Waals surface area contributed by atoms with E-state index in [0.29, 0.717) is 29.0 Å². The van der Waals surface area contributed by atoms with Gasteiger partial charge in [-0.1, -0.05) is 0 Å². The zero-order valence-corrected chi connectivity index (χ0v) is 17.4. The number of benzene rings is 1. The number of nitrogens with one attached hydrogen (secondary N) is 1. The number of imide groups is 1. The van der Waals surface area contributed by atoms with Gasteiger partial charge in [-0.3, -0.25) is 24.3 Å². The van der Waals surface area contributed by atoms with Crippen LogP contribution in [0.5, 0.6) is 11.8 Å². The lowest BCUT2D eigenvalue weighted by Gasteiger charge is -2.12. The number of aromatic nitrogens is 3. The predicted octanol–water partition coefficient (Wildman–Crippen LogP) is 1.40. The lowest BCUT2D eigenvalue weighted by Crippen LogP contribution is -2.24. The molecule has 0 atom stereocenters. The van der Waals surface area contributed by atoms with Crippen molar-refractivity contribution in [1.29, 1.82) is 0 Å². The summed E-state index contributed by atoms with van der Waals surface area (Å²) in [5.41, 5.74) is 6.02. The number of carbonyl (C=O) groups excluding carboxylic acids is 2. The molecule has 0 saturated carbocycles. The number of fused-ring (bicyclic) bond motifs is 1. The van der Waals surface area contributed by atoms with Crippen molar-refractivity contribution in [1.82, 2.24) is 19.9 Å². The Morgan fingerprint density at radius 1 is 1.00 bits per heavy atom. The number of carbonyl (C=O) groups is 2. The molecule has 0 spiro atoms. The van der Waals surface area contributed by atoms with E-state index in [-0.39, 0.29) is 16.9 Å². The molecule has 0 unspecified atom stereocenters. The minimum absolute atomic E-state index is 0.00664. The summed E-state index contributed by atoms with van der Waals surface area (Å²) >= 11 is 1.48. The highest BCUT2D eigenvalue weighted by molar-refractivity contribution is 7.98. The first-order chi connectivity index (χ1) is 14.9. The third-order valence-corrected chi connectivity index (χ3v) is 5.57. The van der Waals surface area contributed by atoms with Crippen molar-refractivity contribution >= 4 is 29.4 Å². The minimum Gasteiger partial charge on any atom is -0.481 e. The number of hydrogen-bond donors (Lipinski definition) is 2. The fourth-order valence-corrected chi connectivity index (χ4v) is 3.86. The number of nitrogen functional groups attached to an aromatic ring is 1. The molecule has 4 rings (SSSR count). The zero-order chi connectivity index (χ0) is 22.1. The first-order valence-electron chi connectivity index (χ1n) is 9.01. The van der Waals surface area contributed by atoms with Crippen molar-refractivity contribution < 1.29 is 19.1 Å². The maximum atomic E-state index is 12.5. The van der Waals surface area contributed by atoms with Crippen LogP contribution < -0.4 is 26.1 Å². The Bertz CT molecular complexity index is 1230. The summed E-state index contributed by atoms with van der Waals surface area (Å²) in [7, 11) is 3.03. The van der Waals surface area contributed by atoms with E-state index in [1.807, 2.05) is 12.1 Å². The number of ether oxygens (including phenoxy) is 2. The summed E-state index contributed by atoms with van der Waals surface area (Å²) in [6.45, 7) is 0. The summed E-state index contributed by atoms with van der Waals surface area (Å²) in [6.07, 6.45) is 0. The molecule has 1 aliphatic rings. The van der Waals surface area contributed by atoms with Gasteiger partial charge in [0.15, 0.2) is 0 Å². The highest BCUT2D eigenvalue weighted by atomic mass is 32.2. The third-order valence-electron chi connectivity index (χ3n) is 4.56. The second-order valence-corrected chi connectivity index (χ2v) is 7.48. The Balaban J connectivity index is 1.58. The predicted molar refractivity (Wildman–Crippen MR) is 113 cm³/mol. The molecule has 31 heavy (non-hydrogen) atoms. The van der Waals surface area contributed by atoms with Crippen LogP contribution >= 0.6 is 11.8 Å². The van der Waals surface area contributed by atoms with E-state index in [1.165, 1.54) is 30.5 Å². The molecule has 2 aromatic heterocycles. The van der Waals surface area contributed by atoms with Gasteiger partial charge in [0.05, 0.1) is 42.9 Å². The summed E-state index contributed by atoms with van der Waals surface area (Å²) < 4.78 is 11.5. The van der Waals surface area contributed by atoms with Crippen molar-refractivity contribution in [2.45, 2.75) is 10.6 Å². The molecule has 0 bridgehead atoms. The maximum Gasteiger partial charge on any atom is 0.262 e. The van der Waals surface area contributed by atoms with Crippen LogP contribution in [-0.2, 0) is 5.75 Å². The first-order valence-corrected chi connectivity index (χ1v) is 10.00. The summed E-state index contributed by atoms with van der Waals surface area (Å²) in [6, 6.07) is 9.73. The zero-order valence-electron chi connectivity index (χ0n) is 16.5. The normalized spacial score (nSPS) is 12.5. The Kier molecular flexibility index (Phi) is 5.34. The van der Waals surface area contributed by atoms with Crippen LogP contribution in [0.3, 0.4) is 0 Å². The molecule has 3 N–H and O–H groups in total. The number of hydrogen-bond acceptors (Lipinski definition) is 9. The standard InChI is InChI=1S/C20H17N5O5S/c1-29-14-8-15(30-2)23-13(22-14)9-31-11-5-3-10(4-6-11)25-16(26)7-12-17(18(25)21)20(28)24-19(12)27/h3-8H,9,21H2,1-2H3,(H,24,27,28). The minimum atomic E-state index is -0.626. The molecule has 2 amide bonds. The first kappa shape index (κ1) is 20.4. The molecule has 1 aromatic carbocycles. The Morgan fingerprint density at radius 2 is 1.65 bits per heavy atom. The topological polar surface area (TPSA) is 138 Å². The van der Waals surface area contributed by atoms with Crippen molar-refractivity contribution in [3.8, 4) is 17.4 Å². The molecule has 0 saturated heterocycles. The molecule has 0 aliphatic carbocycles. The highest BCUT2D eigenvalue weighted by Gasteiger charge is 2.31. The van der Waals surface area contributed by atoms with Gasteiger partial charge in [-0.25, -0.2) is 0 Å². The van der Waals surface area contributed by atoms with Crippen LogP contribution in [0.1, 0.15) is 26.5 Å². The molecule has 11 heteroatoms.